The van der Waals surface area contributed by atoms with Gasteiger partial charge in [0.25, 0.3) is 0 Å². The topological polar surface area (TPSA) is 37.8 Å². The number of aromatic nitrogens is 2. The van der Waals surface area contributed by atoms with E-state index in [1.807, 2.05) is 6.07 Å². The van der Waals surface area contributed by atoms with E-state index in [1.54, 1.807) is 12.5 Å². The van der Waals surface area contributed by atoms with Gasteiger partial charge in [-0.2, -0.15) is 0 Å². The zero-order valence-corrected chi connectivity index (χ0v) is 8.04. The van der Waals surface area contributed by atoms with E-state index in [-0.39, 0.29) is 0 Å². The van der Waals surface area contributed by atoms with Crippen LogP contribution in [0.2, 0.25) is 0 Å². The lowest BCUT2D eigenvalue weighted by atomic mass is 9.85. The maximum Gasteiger partial charge on any atom is 0.129 e. The van der Waals surface area contributed by atoms with Gasteiger partial charge >= 0.3 is 0 Å². The standard InChI is InChI=1S/C9H12ClN3/c10-8-3-7(4-8)5-12-9-1-2-11-6-13-9/h1-2,6-8H,3-5H2,(H,11,12,13). The Morgan fingerprint density at radius 2 is 2.38 bits per heavy atom. The zero-order valence-electron chi connectivity index (χ0n) is 7.28. The first kappa shape index (κ1) is 8.75. The second-order valence-corrected chi connectivity index (χ2v) is 4.03. The fraction of sp³-hybridized carbons (Fsp3) is 0.556. The van der Waals surface area contributed by atoms with Gasteiger partial charge < -0.3 is 5.32 Å². The van der Waals surface area contributed by atoms with Crippen LogP contribution < -0.4 is 5.32 Å². The Hall–Kier alpha value is -0.830. The average molecular weight is 198 g/mol. The van der Waals surface area contributed by atoms with Crippen molar-refractivity contribution in [3.8, 4) is 0 Å². The molecule has 1 saturated carbocycles. The molecule has 4 heteroatoms. The number of rotatable bonds is 3. The summed E-state index contributed by atoms with van der Waals surface area (Å²) in [6, 6.07) is 1.87. The van der Waals surface area contributed by atoms with Crippen molar-refractivity contribution in [2.24, 2.45) is 5.92 Å². The maximum absolute atomic E-state index is 5.87. The molecule has 3 nitrogen and oxygen atoms in total. The van der Waals surface area contributed by atoms with Gasteiger partial charge in [0.05, 0.1) is 0 Å². The van der Waals surface area contributed by atoms with Gasteiger partial charge in [0.1, 0.15) is 12.1 Å². The quantitative estimate of drug-likeness (QED) is 0.753. The summed E-state index contributed by atoms with van der Waals surface area (Å²) in [5, 5.41) is 3.66. The molecule has 0 aliphatic heterocycles. The third-order valence-corrected chi connectivity index (χ3v) is 2.69. The first-order valence-electron chi connectivity index (χ1n) is 4.48. The third kappa shape index (κ3) is 2.31. The van der Waals surface area contributed by atoms with Crippen LogP contribution in [-0.2, 0) is 0 Å². The van der Waals surface area contributed by atoms with Gasteiger partial charge in [0, 0.05) is 18.1 Å². The van der Waals surface area contributed by atoms with E-state index in [0.717, 1.165) is 31.1 Å². The first-order valence-corrected chi connectivity index (χ1v) is 4.92. The molecule has 0 aromatic carbocycles. The van der Waals surface area contributed by atoms with E-state index in [9.17, 15) is 0 Å². The highest BCUT2D eigenvalue weighted by Crippen LogP contribution is 2.31. The molecule has 70 valence electrons. The Kier molecular flexibility index (Phi) is 2.64. The molecule has 0 spiro atoms. The zero-order chi connectivity index (χ0) is 9.10. The molecule has 0 radical (unpaired) electrons. The smallest absolute Gasteiger partial charge is 0.129 e. The van der Waals surface area contributed by atoms with E-state index >= 15 is 0 Å². The first-order chi connectivity index (χ1) is 6.34. The lowest BCUT2D eigenvalue weighted by Crippen LogP contribution is -2.30. The van der Waals surface area contributed by atoms with E-state index in [4.69, 9.17) is 11.6 Å². The van der Waals surface area contributed by atoms with Crippen molar-refractivity contribution in [3.63, 3.8) is 0 Å². The predicted molar refractivity (Wildman–Crippen MR) is 52.9 cm³/mol. The molecule has 0 unspecified atom stereocenters. The Morgan fingerprint density at radius 3 is 3.00 bits per heavy atom. The number of alkyl halides is 1. The summed E-state index contributed by atoms with van der Waals surface area (Å²) >= 11 is 5.87. The van der Waals surface area contributed by atoms with E-state index < -0.39 is 0 Å². The van der Waals surface area contributed by atoms with Crippen LogP contribution in [0.25, 0.3) is 0 Å². The summed E-state index contributed by atoms with van der Waals surface area (Å²) in [6.07, 6.45) is 5.53. The van der Waals surface area contributed by atoms with Crippen molar-refractivity contribution in [2.75, 3.05) is 11.9 Å². The van der Waals surface area contributed by atoms with Crippen LogP contribution in [0.15, 0.2) is 18.6 Å². The summed E-state index contributed by atoms with van der Waals surface area (Å²) in [5.74, 6) is 1.62. The molecule has 1 N–H and O–H groups in total. The van der Waals surface area contributed by atoms with Gasteiger partial charge in [-0.3, -0.25) is 0 Å². The molecule has 0 saturated heterocycles. The van der Waals surface area contributed by atoms with E-state index in [2.05, 4.69) is 15.3 Å². The van der Waals surface area contributed by atoms with Crippen LogP contribution in [0.1, 0.15) is 12.8 Å². The van der Waals surface area contributed by atoms with Crippen LogP contribution in [0, 0.1) is 5.92 Å². The molecule has 1 heterocycles. The monoisotopic (exact) mass is 197 g/mol. The maximum atomic E-state index is 5.87. The van der Waals surface area contributed by atoms with Gasteiger partial charge in [0.15, 0.2) is 0 Å². The molecule has 2 rings (SSSR count). The summed E-state index contributed by atoms with van der Waals surface area (Å²) in [4.78, 5) is 7.92. The van der Waals surface area contributed by atoms with Crippen molar-refractivity contribution < 1.29 is 0 Å². The van der Waals surface area contributed by atoms with Crippen molar-refractivity contribution in [2.45, 2.75) is 18.2 Å². The predicted octanol–water partition coefficient (Wildman–Crippen LogP) is 1.91. The number of hydrogen-bond acceptors (Lipinski definition) is 3. The summed E-state index contributed by atoms with van der Waals surface area (Å²) in [5.41, 5.74) is 0. The lowest BCUT2D eigenvalue weighted by molar-refractivity contribution is 0.341. The fourth-order valence-electron chi connectivity index (χ4n) is 1.47. The van der Waals surface area contributed by atoms with Crippen LogP contribution >= 0.6 is 11.6 Å². The highest BCUT2D eigenvalue weighted by atomic mass is 35.5. The van der Waals surface area contributed by atoms with E-state index in [0.29, 0.717) is 5.38 Å². The van der Waals surface area contributed by atoms with Crippen molar-refractivity contribution in [1.29, 1.82) is 0 Å². The van der Waals surface area contributed by atoms with Crippen LogP contribution in [0.3, 0.4) is 0 Å². The molecular weight excluding hydrogens is 186 g/mol. The highest BCUT2D eigenvalue weighted by Gasteiger charge is 2.26. The number of anilines is 1. The molecule has 1 aliphatic rings. The van der Waals surface area contributed by atoms with Gasteiger partial charge in [-0.25, -0.2) is 9.97 Å². The summed E-state index contributed by atoms with van der Waals surface area (Å²) in [7, 11) is 0. The molecule has 0 atom stereocenters. The second kappa shape index (κ2) is 3.92. The summed E-state index contributed by atoms with van der Waals surface area (Å²) in [6.45, 7) is 0.972. The van der Waals surface area contributed by atoms with Gasteiger partial charge in [-0.15, -0.1) is 11.6 Å². The van der Waals surface area contributed by atoms with E-state index in [1.165, 1.54) is 0 Å². The summed E-state index contributed by atoms with van der Waals surface area (Å²) < 4.78 is 0. The van der Waals surface area contributed by atoms with Crippen molar-refractivity contribution >= 4 is 17.4 Å². The number of hydrogen-bond donors (Lipinski definition) is 1. The Balaban J connectivity index is 1.74. The minimum atomic E-state index is 0.400. The van der Waals surface area contributed by atoms with Crippen molar-refractivity contribution in [3.05, 3.63) is 18.6 Å². The molecule has 1 aromatic heterocycles. The number of halogens is 1. The van der Waals surface area contributed by atoms with Gasteiger partial charge in [-0.05, 0) is 24.8 Å². The van der Waals surface area contributed by atoms with Crippen molar-refractivity contribution in [1.82, 2.24) is 9.97 Å². The molecule has 1 aromatic rings. The van der Waals surface area contributed by atoms with Crippen LogP contribution in [0.4, 0.5) is 5.82 Å². The van der Waals surface area contributed by atoms with Gasteiger partial charge in [-0.1, -0.05) is 0 Å². The molecule has 0 bridgehead atoms. The Morgan fingerprint density at radius 1 is 1.54 bits per heavy atom. The largest absolute Gasteiger partial charge is 0.370 e. The van der Waals surface area contributed by atoms with Gasteiger partial charge in [0.2, 0.25) is 0 Å². The lowest BCUT2D eigenvalue weighted by Gasteiger charge is -2.30. The molecule has 1 aliphatic carbocycles. The highest BCUT2D eigenvalue weighted by molar-refractivity contribution is 6.21. The number of nitrogens with zero attached hydrogens (tertiary/aromatic N) is 2. The minimum absolute atomic E-state index is 0.400. The molecular formula is C9H12ClN3. The third-order valence-electron chi connectivity index (χ3n) is 2.33. The molecule has 13 heavy (non-hydrogen) atoms. The Bertz CT molecular complexity index is 259. The molecule has 0 amide bonds. The Labute approximate surface area is 82.5 Å². The second-order valence-electron chi connectivity index (χ2n) is 3.41. The number of nitrogens with one attached hydrogen (secondary N) is 1. The fourth-order valence-corrected chi connectivity index (χ4v) is 1.97. The van der Waals surface area contributed by atoms with Crippen LogP contribution in [-0.4, -0.2) is 21.9 Å². The molecule has 1 fully saturated rings. The average Bonchev–Trinajstić information content (AvgIpc) is 2.12. The normalized spacial score (nSPS) is 26.5. The minimum Gasteiger partial charge on any atom is -0.370 e. The van der Waals surface area contributed by atoms with Crippen LogP contribution in [0.5, 0.6) is 0 Å². The SMILES string of the molecule is ClC1CC(CNc2ccncn2)C1.